The van der Waals surface area contributed by atoms with Gasteiger partial charge in [-0.25, -0.2) is 4.98 Å². The molecule has 136 valence electrons. The first-order valence-electron chi connectivity index (χ1n) is 8.52. The van der Waals surface area contributed by atoms with Crippen LogP contribution in [0.5, 0.6) is 0 Å². The van der Waals surface area contributed by atoms with E-state index in [0.717, 1.165) is 41.1 Å². The minimum atomic E-state index is -0.452. The molecule has 1 aliphatic rings. The largest absolute Gasteiger partial charge is 0.376 e. The number of aryl methyl sites for hydroxylation is 2. The summed E-state index contributed by atoms with van der Waals surface area (Å²) < 4.78 is 7.38. The van der Waals surface area contributed by atoms with Crippen molar-refractivity contribution in [3.05, 3.63) is 20.8 Å². The van der Waals surface area contributed by atoms with Gasteiger partial charge in [0, 0.05) is 11.5 Å². The number of carbonyl (C=O) groups excluding carboxylic acids is 1. The summed E-state index contributed by atoms with van der Waals surface area (Å²) in [7, 11) is 0. The third kappa shape index (κ3) is 3.61. The van der Waals surface area contributed by atoms with Gasteiger partial charge in [0.05, 0.1) is 23.3 Å². The molecule has 0 radical (unpaired) electrons. The van der Waals surface area contributed by atoms with Gasteiger partial charge in [-0.05, 0) is 38.7 Å². The van der Waals surface area contributed by atoms with Crippen molar-refractivity contribution >= 4 is 39.2 Å². The van der Waals surface area contributed by atoms with Crippen molar-refractivity contribution in [2.75, 3.05) is 6.61 Å². The van der Waals surface area contributed by atoms with Crippen molar-refractivity contribution in [3.8, 4) is 0 Å². The molecular weight excluding hydrogens is 358 g/mol. The van der Waals surface area contributed by atoms with E-state index in [4.69, 9.17) is 15.5 Å². The maximum atomic E-state index is 13.2. The summed E-state index contributed by atoms with van der Waals surface area (Å²) in [6.45, 7) is 7.00. The first kappa shape index (κ1) is 18.4. The minimum Gasteiger partial charge on any atom is -0.376 e. The summed E-state index contributed by atoms with van der Waals surface area (Å²) in [6, 6.07) is 0. The molecule has 1 aliphatic heterocycles. The van der Waals surface area contributed by atoms with E-state index in [1.807, 2.05) is 6.92 Å². The molecule has 0 aromatic carbocycles. The van der Waals surface area contributed by atoms with Crippen LogP contribution in [0.15, 0.2) is 9.95 Å². The van der Waals surface area contributed by atoms with E-state index in [1.54, 1.807) is 11.5 Å². The maximum absolute atomic E-state index is 13.2. The van der Waals surface area contributed by atoms with Gasteiger partial charge in [0.1, 0.15) is 4.83 Å². The number of nitrogens with zero attached hydrogens (tertiary/aromatic N) is 2. The number of hydrogen-bond donors (Lipinski definition) is 1. The van der Waals surface area contributed by atoms with Gasteiger partial charge in [0.15, 0.2) is 5.16 Å². The zero-order chi connectivity index (χ0) is 18.1. The summed E-state index contributed by atoms with van der Waals surface area (Å²) in [4.78, 5) is 31.3. The second kappa shape index (κ2) is 7.47. The van der Waals surface area contributed by atoms with Crippen molar-refractivity contribution in [2.24, 2.45) is 5.73 Å². The van der Waals surface area contributed by atoms with Crippen molar-refractivity contribution in [1.29, 1.82) is 0 Å². The second-order valence-electron chi connectivity index (χ2n) is 6.28. The van der Waals surface area contributed by atoms with Crippen LogP contribution in [0.4, 0.5) is 0 Å². The fourth-order valence-corrected chi connectivity index (χ4v) is 5.14. The highest BCUT2D eigenvalue weighted by Gasteiger charge is 2.24. The normalized spacial score (nSPS) is 18.8. The Morgan fingerprint density at radius 3 is 2.92 bits per heavy atom. The first-order chi connectivity index (χ1) is 11.9. The Balaban J connectivity index is 2.13. The Labute approximate surface area is 154 Å². The summed E-state index contributed by atoms with van der Waals surface area (Å²) >= 11 is 2.78. The van der Waals surface area contributed by atoms with Crippen molar-refractivity contribution in [2.45, 2.75) is 63.1 Å². The first-order valence-corrected chi connectivity index (χ1v) is 10.2. The third-order valence-corrected chi connectivity index (χ3v) is 6.67. The molecule has 25 heavy (non-hydrogen) atoms. The molecule has 2 aromatic heterocycles. The number of amides is 1. The second-order valence-corrected chi connectivity index (χ2v) is 8.79. The van der Waals surface area contributed by atoms with Crippen LogP contribution in [0.3, 0.4) is 0 Å². The number of fused-ring (bicyclic) bond motifs is 1. The van der Waals surface area contributed by atoms with E-state index >= 15 is 0 Å². The predicted octanol–water partition coefficient (Wildman–Crippen LogP) is 2.47. The summed E-state index contributed by atoms with van der Waals surface area (Å²) in [5, 5.41) is 0.800. The van der Waals surface area contributed by atoms with E-state index < -0.39 is 11.2 Å². The lowest BCUT2D eigenvalue weighted by atomic mass is 10.1. The fraction of sp³-hybridized carbons (Fsp3) is 0.588. The lowest BCUT2D eigenvalue weighted by Gasteiger charge is -2.17. The number of thioether (sulfide) groups is 1. The quantitative estimate of drug-likeness (QED) is 0.613. The van der Waals surface area contributed by atoms with E-state index in [0.29, 0.717) is 17.1 Å². The van der Waals surface area contributed by atoms with Crippen LogP contribution < -0.4 is 11.3 Å². The van der Waals surface area contributed by atoms with Crippen molar-refractivity contribution in [1.82, 2.24) is 9.55 Å². The third-order valence-electron chi connectivity index (χ3n) is 4.52. The van der Waals surface area contributed by atoms with Crippen molar-refractivity contribution in [3.63, 3.8) is 0 Å². The van der Waals surface area contributed by atoms with E-state index in [-0.39, 0.29) is 11.7 Å². The summed E-state index contributed by atoms with van der Waals surface area (Å²) in [5.74, 6) is -0.417. The number of thiophene rings is 1. The standard InChI is InChI=1S/C17H23N3O3S2/c1-4-12-9(2)24-15-13(12)16(22)20(8-11-6-5-7-23-11)17(19-15)25-10(3)14(18)21/h10-11H,4-8H2,1-3H3,(H2,18,21)/t10-,11+/m1/s1. The fourth-order valence-electron chi connectivity index (χ4n) is 3.12. The molecule has 1 fully saturated rings. The highest BCUT2D eigenvalue weighted by molar-refractivity contribution is 8.00. The van der Waals surface area contributed by atoms with Crippen LogP contribution in [0.25, 0.3) is 10.2 Å². The Hall–Kier alpha value is -1.38. The molecule has 3 rings (SSSR count). The molecule has 1 saturated heterocycles. The number of aromatic nitrogens is 2. The Morgan fingerprint density at radius 1 is 1.56 bits per heavy atom. The molecular formula is C17H23N3O3S2. The van der Waals surface area contributed by atoms with Gasteiger partial charge < -0.3 is 10.5 Å². The molecule has 1 amide bonds. The number of nitrogens with two attached hydrogens (primary N) is 1. The molecule has 0 bridgehead atoms. The Kier molecular flexibility index (Phi) is 5.50. The number of primary amides is 1. The van der Waals surface area contributed by atoms with E-state index in [2.05, 4.69) is 6.92 Å². The van der Waals surface area contributed by atoms with Crippen LogP contribution >= 0.6 is 23.1 Å². The van der Waals surface area contributed by atoms with E-state index in [9.17, 15) is 9.59 Å². The SMILES string of the molecule is CCc1c(C)sc2nc(S[C@H](C)C(N)=O)n(C[C@@H]3CCCO3)c(=O)c12. The number of ether oxygens (including phenoxy) is 1. The molecule has 0 unspecified atom stereocenters. The van der Waals surface area contributed by atoms with Crippen LogP contribution in [0.2, 0.25) is 0 Å². The smallest absolute Gasteiger partial charge is 0.263 e. The number of carbonyl (C=O) groups is 1. The summed E-state index contributed by atoms with van der Waals surface area (Å²) in [6.07, 6.45) is 2.76. The van der Waals surface area contributed by atoms with Crippen molar-refractivity contribution < 1.29 is 9.53 Å². The molecule has 3 heterocycles. The van der Waals surface area contributed by atoms with Gasteiger partial charge in [-0.2, -0.15) is 0 Å². The Morgan fingerprint density at radius 2 is 2.32 bits per heavy atom. The van der Waals surface area contributed by atoms with Gasteiger partial charge in [0.2, 0.25) is 5.91 Å². The molecule has 2 atom stereocenters. The molecule has 6 nitrogen and oxygen atoms in total. The lowest BCUT2D eigenvalue weighted by molar-refractivity contribution is -0.117. The highest BCUT2D eigenvalue weighted by atomic mass is 32.2. The van der Waals surface area contributed by atoms with Crippen LogP contribution in [0, 0.1) is 6.92 Å². The summed E-state index contributed by atoms with van der Waals surface area (Å²) in [5.41, 5.74) is 6.43. The molecule has 2 aromatic rings. The zero-order valence-electron chi connectivity index (χ0n) is 14.7. The van der Waals surface area contributed by atoms with Gasteiger partial charge >= 0.3 is 0 Å². The van der Waals surface area contributed by atoms with Crippen LogP contribution in [-0.4, -0.2) is 33.4 Å². The topological polar surface area (TPSA) is 87.2 Å². The zero-order valence-corrected chi connectivity index (χ0v) is 16.3. The molecule has 0 saturated carbocycles. The molecule has 8 heteroatoms. The van der Waals surface area contributed by atoms with Gasteiger partial charge in [-0.15, -0.1) is 11.3 Å². The average molecular weight is 382 g/mol. The monoisotopic (exact) mass is 381 g/mol. The molecule has 0 spiro atoms. The number of rotatable bonds is 6. The maximum Gasteiger partial charge on any atom is 0.263 e. The molecule has 2 N–H and O–H groups in total. The number of hydrogen-bond acceptors (Lipinski definition) is 6. The minimum absolute atomic E-state index is 0.0185. The lowest BCUT2D eigenvalue weighted by Crippen LogP contribution is -2.30. The molecule has 0 aliphatic carbocycles. The average Bonchev–Trinajstić information content (AvgIpc) is 3.17. The van der Waals surface area contributed by atoms with Crippen LogP contribution in [-0.2, 0) is 22.5 Å². The van der Waals surface area contributed by atoms with Gasteiger partial charge in [-0.3, -0.25) is 14.2 Å². The van der Waals surface area contributed by atoms with Gasteiger partial charge in [-0.1, -0.05) is 18.7 Å². The van der Waals surface area contributed by atoms with Gasteiger partial charge in [0.25, 0.3) is 5.56 Å². The van der Waals surface area contributed by atoms with Crippen LogP contribution in [0.1, 0.15) is 37.1 Å². The Bertz CT molecular complexity index is 853. The highest BCUT2D eigenvalue weighted by Crippen LogP contribution is 2.31. The predicted molar refractivity (Wildman–Crippen MR) is 101 cm³/mol. The van der Waals surface area contributed by atoms with E-state index in [1.165, 1.54) is 23.1 Å².